The first kappa shape index (κ1) is 10.4. The van der Waals surface area contributed by atoms with Crippen molar-refractivity contribution in [3.63, 3.8) is 0 Å². The molecule has 2 aromatic rings. The third kappa shape index (κ3) is 1.34. The molecule has 0 bridgehead atoms. The van der Waals surface area contributed by atoms with Crippen LogP contribution in [0.3, 0.4) is 0 Å². The third-order valence-corrected chi connectivity index (χ3v) is 3.29. The average molecular weight is 225 g/mol. The van der Waals surface area contributed by atoms with Gasteiger partial charge in [-0.2, -0.15) is 0 Å². The second-order valence-electron chi connectivity index (χ2n) is 3.80. The highest BCUT2D eigenvalue weighted by Gasteiger charge is 2.21. The quantitative estimate of drug-likeness (QED) is 0.538. The van der Waals surface area contributed by atoms with Crippen LogP contribution in [0.25, 0.3) is 11.0 Å². The van der Waals surface area contributed by atoms with E-state index in [0.29, 0.717) is 5.15 Å². The molecule has 0 aliphatic heterocycles. The van der Waals surface area contributed by atoms with E-state index in [1.807, 2.05) is 11.6 Å². The van der Waals surface area contributed by atoms with Gasteiger partial charge in [-0.05, 0) is 32.4 Å². The van der Waals surface area contributed by atoms with Crippen LogP contribution >= 0.6 is 11.6 Å². The SMILES string of the molecule is CCn1c(C)c(C)c2c(Cl)nc[n+](C)c21. The summed E-state index contributed by atoms with van der Waals surface area (Å²) in [4.78, 5) is 4.17. The van der Waals surface area contributed by atoms with Crippen molar-refractivity contribution in [2.45, 2.75) is 27.3 Å². The van der Waals surface area contributed by atoms with Gasteiger partial charge in [0.2, 0.25) is 17.1 Å². The van der Waals surface area contributed by atoms with Crippen molar-refractivity contribution in [2.75, 3.05) is 0 Å². The summed E-state index contributed by atoms with van der Waals surface area (Å²) in [5.74, 6) is 0. The van der Waals surface area contributed by atoms with E-state index >= 15 is 0 Å². The predicted molar refractivity (Wildman–Crippen MR) is 61.1 cm³/mol. The molecule has 2 aromatic heterocycles. The van der Waals surface area contributed by atoms with E-state index < -0.39 is 0 Å². The molecule has 0 fully saturated rings. The summed E-state index contributed by atoms with van der Waals surface area (Å²) in [7, 11) is 2.00. The lowest BCUT2D eigenvalue weighted by atomic mass is 10.2. The molecule has 0 saturated heterocycles. The summed E-state index contributed by atoms with van der Waals surface area (Å²) < 4.78 is 4.28. The van der Waals surface area contributed by atoms with Crippen LogP contribution in [0.4, 0.5) is 0 Å². The van der Waals surface area contributed by atoms with Crippen LogP contribution < -0.4 is 4.57 Å². The van der Waals surface area contributed by atoms with Gasteiger partial charge in [-0.25, -0.2) is 4.57 Å². The maximum absolute atomic E-state index is 6.14. The smallest absolute Gasteiger partial charge is 0.240 e. The fourth-order valence-corrected chi connectivity index (χ4v) is 2.37. The van der Waals surface area contributed by atoms with E-state index in [1.165, 1.54) is 11.3 Å². The Bertz CT molecular complexity index is 528. The van der Waals surface area contributed by atoms with Crippen molar-refractivity contribution in [3.8, 4) is 0 Å². The molecule has 3 nitrogen and oxygen atoms in total. The van der Waals surface area contributed by atoms with Gasteiger partial charge in [0.1, 0.15) is 5.39 Å². The number of aromatic nitrogens is 3. The molecule has 0 spiro atoms. The van der Waals surface area contributed by atoms with Gasteiger partial charge in [0.25, 0.3) is 0 Å². The van der Waals surface area contributed by atoms with Crippen LogP contribution in [0.15, 0.2) is 6.33 Å². The average Bonchev–Trinajstić information content (AvgIpc) is 2.47. The second-order valence-corrected chi connectivity index (χ2v) is 4.16. The van der Waals surface area contributed by atoms with E-state index in [1.54, 1.807) is 6.33 Å². The summed E-state index contributed by atoms with van der Waals surface area (Å²) in [6.07, 6.45) is 1.76. The predicted octanol–water partition coefficient (Wildman–Crippen LogP) is 2.15. The van der Waals surface area contributed by atoms with Crippen molar-refractivity contribution in [3.05, 3.63) is 22.7 Å². The van der Waals surface area contributed by atoms with Gasteiger partial charge in [-0.15, -0.1) is 0 Å². The molecule has 0 aromatic carbocycles. The number of halogens is 1. The molecule has 0 radical (unpaired) electrons. The highest BCUT2D eigenvalue weighted by Crippen LogP contribution is 2.27. The first-order valence-corrected chi connectivity index (χ1v) is 5.45. The van der Waals surface area contributed by atoms with Crippen molar-refractivity contribution in [2.24, 2.45) is 7.05 Å². The summed E-state index contributed by atoms with van der Waals surface area (Å²) >= 11 is 6.14. The minimum atomic E-state index is 0.593. The molecule has 0 unspecified atom stereocenters. The molecule has 0 saturated carbocycles. The zero-order chi connectivity index (χ0) is 11.2. The Labute approximate surface area is 94.3 Å². The number of hydrogen-bond acceptors (Lipinski definition) is 1. The minimum Gasteiger partial charge on any atom is -0.263 e. The van der Waals surface area contributed by atoms with Gasteiger partial charge < -0.3 is 0 Å². The first-order valence-electron chi connectivity index (χ1n) is 5.07. The molecule has 2 heterocycles. The molecule has 2 rings (SSSR count). The van der Waals surface area contributed by atoms with E-state index in [9.17, 15) is 0 Å². The topological polar surface area (TPSA) is 21.7 Å². The van der Waals surface area contributed by atoms with Crippen LogP contribution in [-0.4, -0.2) is 9.55 Å². The van der Waals surface area contributed by atoms with Crippen LogP contribution in [0.5, 0.6) is 0 Å². The van der Waals surface area contributed by atoms with E-state index in [0.717, 1.165) is 17.6 Å². The van der Waals surface area contributed by atoms with Gasteiger partial charge in [0.05, 0.1) is 19.3 Å². The molecule has 0 aliphatic carbocycles. The van der Waals surface area contributed by atoms with Gasteiger partial charge in [0.15, 0.2) is 0 Å². The lowest BCUT2D eigenvalue weighted by Crippen LogP contribution is -2.31. The lowest BCUT2D eigenvalue weighted by Gasteiger charge is -2.00. The van der Waals surface area contributed by atoms with Crippen LogP contribution in [0.2, 0.25) is 5.15 Å². The Hall–Kier alpha value is -1.09. The highest BCUT2D eigenvalue weighted by atomic mass is 35.5. The Kier molecular flexibility index (Phi) is 2.43. The second kappa shape index (κ2) is 3.49. The Morgan fingerprint density at radius 2 is 2.13 bits per heavy atom. The summed E-state index contributed by atoms with van der Waals surface area (Å²) in [6, 6.07) is 0. The van der Waals surface area contributed by atoms with Crippen molar-refractivity contribution in [1.82, 2.24) is 9.55 Å². The monoisotopic (exact) mass is 224 g/mol. The van der Waals surface area contributed by atoms with Crippen molar-refractivity contribution >= 4 is 22.6 Å². The van der Waals surface area contributed by atoms with Crippen LogP contribution in [0.1, 0.15) is 18.2 Å². The maximum atomic E-state index is 6.14. The molecule has 80 valence electrons. The van der Waals surface area contributed by atoms with Gasteiger partial charge in [0, 0.05) is 5.56 Å². The molecule has 4 heteroatoms. The number of rotatable bonds is 1. The Balaban J connectivity index is 3.02. The van der Waals surface area contributed by atoms with E-state index in [2.05, 4.69) is 30.3 Å². The lowest BCUT2D eigenvalue weighted by molar-refractivity contribution is -0.650. The van der Waals surface area contributed by atoms with E-state index in [4.69, 9.17) is 11.6 Å². The van der Waals surface area contributed by atoms with Gasteiger partial charge in [-0.3, -0.25) is 4.57 Å². The first-order chi connectivity index (χ1) is 7.07. The fraction of sp³-hybridized carbons (Fsp3) is 0.455. The summed E-state index contributed by atoms with van der Waals surface area (Å²) in [5, 5.41) is 1.66. The molecule has 0 aliphatic rings. The minimum absolute atomic E-state index is 0.593. The number of nitrogens with zero attached hydrogens (tertiary/aromatic N) is 3. The van der Waals surface area contributed by atoms with Crippen molar-refractivity contribution in [1.29, 1.82) is 0 Å². The fourth-order valence-electron chi connectivity index (χ4n) is 2.10. The van der Waals surface area contributed by atoms with E-state index in [-0.39, 0.29) is 0 Å². The number of hydrogen-bond donors (Lipinski definition) is 0. The molecule has 0 amide bonds. The molecule has 0 N–H and O–H groups in total. The summed E-state index contributed by atoms with van der Waals surface area (Å²) in [6.45, 7) is 7.30. The van der Waals surface area contributed by atoms with Gasteiger partial charge in [-0.1, -0.05) is 4.98 Å². The molecule has 0 atom stereocenters. The zero-order valence-corrected chi connectivity index (χ0v) is 10.3. The van der Waals surface area contributed by atoms with Crippen LogP contribution in [0, 0.1) is 13.8 Å². The molecule has 15 heavy (non-hydrogen) atoms. The number of fused-ring (bicyclic) bond motifs is 1. The molecular weight excluding hydrogens is 210 g/mol. The summed E-state index contributed by atoms with van der Waals surface area (Å²) in [5.41, 5.74) is 3.63. The molecular formula is C11H15ClN3+. The standard InChI is InChI=1S/C11H15ClN3/c1-5-15-8(3)7(2)9-10(12)13-6-14(4)11(9)15/h6H,5H2,1-4H3/q+1. The van der Waals surface area contributed by atoms with Crippen molar-refractivity contribution < 1.29 is 4.57 Å². The Morgan fingerprint density at radius 3 is 2.73 bits per heavy atom. The Morgan fingerprint density at radius 1 is 1.47 bits per heavy atom. The number of aryl methyl sites for hydroxylation is 3. The largest absolute Gasteiger partial charge is 0.263 e. The van der Waals surface area contributed by atoms with Crippen LogP contribution in [-0.2, 0) is 13.6 Å². The van der Waals surface area contributed by atoms with Gasteiger partial charge >= 0.3 is 0 Å². The zero-order valence-electron chi connectivity index (χ0n) is 9.50. The third-order valence-electron chi connectivity index (χ3n) is 3.00. The highest BCUT2D eigenvalue weighted by molar-refractivity contribution is 6.34. The normalized spacial score (nSPS) is 11.3. The maximum Gasteiger partial charge on any atom is 0.240 e.